The predicted molar refractivity (Wildman–Crippen MR) is 148 cm³/mol. The SMILES string of the molecule is COc1ccc(C2CCCc3nc(SCc4c(F)cc(OCCCl)cc4F)n(-c4ccc(F)cc4)c32)cc1C. The summed E-state index contributed by atoms with van der Waals surface area (Å²) in [5, 5.41) is 0.602. The molecule has 0 bridgehead atoms. The zero-order chi connectivity index (χ0) is 27.5. The smallest absolute Gasteiger partial charge is 0.173 e. The molecule has 9 heteroatoms. The summed E-state index contributed by atoms with van der Waals surface area (Å²) in [4.78, 5) is 4.94. The second-order valence-corrected chi connectivity index (χ2v) is 10.7. The first-order chi connectivity index (χ1) is 18.9. The van der Waals surface area contributed by atoms with Gasteiger partial charge in [-0.05, 0) is 67.6 Å². The molecule has 3 aromatic carbocycles. The van der Waals surface area contributed by atoms with Crippen LogP contribution in [-0.2, 0) is 12.2 Å². The minimum absolute atomic E-state index is 0.0247. The average Bonchev–Trinajstić information content (AvgIpc) is 3.30. The van der Waals surface area contributed by atoms with Gasteiger partial charge in [0.05, 0.1) is 24.4 Å². The highest BCUT2D eigenvalue weighted by Gasteiger charge is 2.30. The van der Waals surface area contributed by atoms with Crippen LogP contribution in [0.25, 0.3) is 5.69 Å². The standard InChI is InChI=1S/C30H28ClF3N2O2S/c1-18-14-19(6-11-28(18)37-2)23-4-3-5-27-29(23)36(21-9-7-20(32)8-10-21)30(35-27)39-17-24-25(33)15-22(16-26(24)34)38-13-12-31/h6-11,14-16,23H,3-5,12-13,17H2,1-2H3. The van der Waals surface area contributed by atoms with Crippen molar-refractivity contribution in [1.29, 1.82) is 0 Å². The van der Waals surface area contributed by atoms with E-state index in [1.807, 2.05) is 17.6 Å². The second kappa shape index (κ2) is 12.0. The van der Waals surface area contributed by atoms with Crippen molar-refractivity contribution in [2.75, 3.05) is 19.6 Å². The lowest BCUT2D eigenvalue weighted by atomic mass is 9.83. The molecule has 0 spiro atoms. The third-order valence-electron chi connectivity index (χ3n) is 6.91. The van der Waals surface area contributed by atoms with E-state index >= 15 is 0 Å². The van der Waals surface area contributed by atoms with E-state index in [-0.39, 0.29) is 41.3 Å². The molecule has 0 N–H and O–H groups in total. The number of ether oxygens (including phenoxy) is 2. The van der Waals surface area contributed by atoms with E-state index < -0.39 is 11.6 Å². The summed E-state index contributed by atoms with van der Waals surface area (Å²) in [7, 11) is 1.65. The van der Waals surface area contributed by atoms with Crippen LogP contribution in [0.15, 0.2) is 59.8 Å². The first kappa shape index (κ1) is 27.5. The molecule has 1 aliphatic carbocycles. The highest BCUT2D eigenvalue weighted by atomic mass is 35.5. The fourth-order valence-corrected chi connectivity index (χ4v) is 6.21. The van der Waals surface area contributed by atoms with Crippen LogP contribution in [0.4, 0.5) is 13.2 Å². The van der Waals surface area contributed by atoms with Crippen LogP contribution in [-0.4, -0.2) is 29.1 Å². The number of alkyl halides is 1. The number of aromatic nitrogens is 2. The van der Waals surface area contributed by atoms with Gasteiger partial charge in [0.2, 0.25) is 0 Å². The van der Waals surface area contributed by atoms with Gasteiger partial charge in [-0.3, -0.25) is 4.57 Å². The van der Waals surface area contributed by atoms with Crippen molar-refractivity contribution in [3.8, 4) is 17.2 Å². The van der Waals surface area contributed by atoms with Gasteiger partial charge in [-0.1, -0.05) is 23.9 Å². The van der Waals surface area contributed by atoms with Gasteiger partial charge in [-0.15, -0.1) is 11.6 Å². The Morgan fingerprint density at radius 3 is 2.46 bits per heavy atom. The third-order valence-corrected chi connectivity index (χ3v) is 8.03. The van der Waals surface area contributed by atoms with E-state index in [1.165, 1.54) is 36.0 Å². The topological polar surface area (TPSA) is 36.3 Å². The summed E-state index contributed by atoms with van der Waals surface area (Å²) in [6, 6.07) is 14.7. The van der Waals surface area contributed by atoms with Crippen LogP contribution in [0.3, 0.4) is 0 Å². The van der Waals surface area contributed by atoms with Gasteiger partial charge in [-0.25, -0.2) is 18.2 Å². The van der Waals surface area contributed by atoms with E-state index in [4.69, 9.17) is 26.1 Å². The van der Waals surface area contributed by atoms with Crippen molar-refractivity contribution in [2.45, 2.75) is 43.0 Å². The Labute approximate surface area is 235 Å². The van der Waals surface area contributed by atoms with Gasteiger partial charge >= 0.3 is 0 Å². The Kier molecular flexibility index (Phi) is 8.43. The molecule has 0 radical (unpaired) electrons. The molecule has 5 rings (SSSR count). The zero-order valence-electron chi connectivity index (χ0n) is 21.6. The molecule has 1 atom stereocenters. The number of imidazole rings is 1. The molecule has 4 aromatic rings. The van der Waals surface area contributed by atoms with Crippen molar-refractivity contribution >= 4 is 23.4 Å². The van der Waals surface area contributed by atoms with E-state index in [2.05, 4.69) is 12.1 Å². The summed E-state index contributed by atoms with van der Waals surface area (Å²) in [6.45, 7) is 2.17. The largest absolute Gasteiger partial charge is 0.496 e. The molecule has 1 aliphatic rings. The number of aryl methyl sites for hydroxylation is 2. The van der Waals surface area contributed by atoms with E-state index in [1.54, 1.807) is 19.2 Å². The monoisotopic (exact) mass is 572 g/mol. The van der Waals surface area contributed by atoms with Gasteiger partial charge < -0.3 is 9.47 Å². The lowest BCUT2D eigenvalue weighted by molar-refractivity contribution is 0.338. The highest BCUT2D eigenvalue weighted by Crippen LogP contribution is 2.42. The van der Waals surface area contributed by atoms with Gasteiger partial charge in [0.1, 0.15) is 35.6 Å². The molecule has 0 saturated carbocycles. The van der Waals surface area contributed by atoms with Gasteiger partial charge in [0.15, 0.2) is 5.16 Å². The maximum absolute atomic E-state index is 14.9. The number of hydrogen-bond acceptors (Lipinski definition) is 4. The minimum atomic E-state index is -0.691. The van der Waals surface area contributed by atoms with E-state index in [0.717, 1.165) is 53.2 Å². The van der Waals surface area contributed by atoms with Crippen molar-refractivity contribution in [3.05, 3.63) is 100 Å². The van der Waals surface area contributed by atoms with E-state index in [0.29, 0.717) is 5.16 Å². The third kappa shape index (κ3) is 5.77. The summed E-state index contributed by atoms with van der Waals surface area (Å²) < 4.78 is 56.3. The van der Waals surface area contributed by atoms with Crippen molar-refractivity contribution in [3.63, 3.8) is 0 Å². The average molecular weight is 573 g/mol. The van der Waals surface area contributed by atoms with Crippen LogP contribution < -0.4 is 9.47 Å². The molecular formula is C30H28ClF3N2O2S. The molecule has 204 valence electrons. The quantitative estimate of drug-likeness (QED) is 0.150. The Balaban J connectivity index is 1.54. The van der Waals surface area contributed by atoms with Crippen molar-refractivity contribution < 1.29 is 22.6 Å². The summed E-state index contributed by atoms with van der Waals surface area (Å²) in [5.74, 6) is -0.513. The normalized spacial score (nSPS) is 14.8. The first-order valence-corrected chi connectivity index (χ1v) is 14.2. The number of methoxy groups -OCH3 is 1. The Hall–Kier alpha value is -3.10. The van der Waals surface area contributed by atoms with Crippen LogP contribution in [0.1, 0.15) is 46.8 Å². The van der Waals surface area contributed by atoms with Crippen molar-refractivity contribution in [1.82, 2.24) is 9.55 Å². The summed E-state index contributed by atoms with van der Waals surface area (Å²) in [6.07, 6.45) is 2.67. The highest BCUT2D eigenvalue weighted by molar-refractivity contribution is 7.98. The Bertz CT molecular complexity index is 1450. The second-order valence-electron chi connectivity index (χ2n) is 9.40. The van der Waals surface area contributed by atoms with Gasteiger partial charge in [0.25, 0.3) is 0 Å². The predicted octanol–water partition coefficient (Wildman–Crippen LogP) is 7.98. The molecule has 0 saturated heterocycles. The fourth-order valence-electron chi connectivity index (χ4n) is 5.08. The molecule has 0 amide bonds. The first-order valence-electron chi connectivity index (χ1n) is 12.7. The molecule has 39 heavy (non-hydrogen) atoms. The van der Waals surface area contributed by atoms with Crippen LogP contribution in [0.2, 0.25) is 0 Å². The number of fused-ring (bicyclic) bond motifs is 1. The maximum Gasteiger partial charge on any atom is 0.173 e. The minimum Gasteiger partial charge on any atom is -0.496 e. The number of halogens is 4. The molecule has 1 aromatic heterocycles. The maximum atomic E-state index is 14.9. The molecule has 4 nitrogen and oxygen atoms in total. The van der Waals surface area contributed by atoms with Crippen LogP contribution in [0, 0.1) is 24.4 Å². The fraction of sp³-hybridized carbons (Fsp3) is 0.300. The molecule has 0 fully saturated rings. The lowest BCUT2D eigenvalue weighted by Gasteiger charge is -2.26. The number of nitrogens with zero attached hydrogens (tertiary/aromatic N) is 2. The molecule has 0 aliphatic heterocycles. The van der Waals surface area contributed by atoms with Gasteiger partial charge in [-0.2, -0.15) is 0 Å². The molecule has 1 unspecified atom stereocenters. The van der Waals surface area contributed by atoms with Gasteiger partial charge in [0, 0.05) is 35.1 Å². The Morgan fingerprint density at radius 1 is 1.05 bits per heavy atom. The number of rotatable bonds is 9. The number of thioether (sulfide) groups is 1. The van der Waals surface area contributed by atoms with E-state index in [9.17, 15) is 13.2 Å². The van der Waals surface area contributed by atoms with Crippen LogP contribution in [0.5, 0.6) is 11.5 Å². The summed E-state index contributed by atoms with van der Waals surface area (Å²) in [5.41, 5.74) is 4.82. The number of hydrogen-bond donors (Lipinski definition) is 0. The lowest BCUT2D eigenvalue weighted by Crippen LogP contribution is -2.15. The Morgan fingerprint density at radius 2 is 1.79 bits per heavy atom. The number of benzene rings is 3. The molecule has 1 heterocycles. The zero-order valence-corrected chi connectivity index (χ0v) is 23.2. The summed E-state index contributed by atoms with van der Waals surface area (Å²) >= 11 is 6.86. The molecular weight excluding hydrogens is 545 g/mol. The van der Waals surface area contributed by atoms with Crippen molar-refractivity contribution in [2.24, 2.45) is 0 Å². The van der Waals surface area contributed by atoms with Crippen LogP contribution >= 0.6 is 23.4 Å².